The van der Waals surface area contributed by atoms with Crippen LogP contribution >= 0.6 is 0 Å². The molecule has 1 aliphatic rings. The van der Waals surface area contributed by atoms with E-state index in [1.807, 2.05) is 6.07 Å². The molecule has 2 N–H and O–H groups in total. The third-order valence-corrected chi connectivity index (χ3v) is 3.03. The fraction of sp³-hybridized carbons (Fsp3) is 0.500. The molecule has 1 heterocycles. The molecule has 0 amide bonds. The average molecular weight is 235 g/mol. The maximum absolute atomic E-state index is 9.04. The van der Waals surface area contributed by atoms with Crippen LogP contribution in [0.2, 0.25) is 0 Å². The first-order chi connectivity index (χ1) is 8.25. The Balaban J connectivity index is 1.79. The van der Waals surface area contributed by atoms with Crippen LogP contribution < -0.4 is 10.2 Å². The van der Waals surface area contributed by atoms with Gasteiger partial charge < -0.3 is 14.8 Å². The van der Waals surface area contributed by atoms with E-state index in [9.17, 15) is 0 Å². The summed E-state index contributed by atoms with van der Waals surface area (Å²) in [6, 6.07) is 6.92. The minimum atomic E-state index is -1.43. The van der Waals surface area contributed by atoms with Gasteiger partial charge in [0.05, 0.1) is 0 Å². The van der Waals surface area contributed by atoms with Crippen LogP contribution in [0.4, 0.5) is 0 Å². The van der Waals surface area contributed by atoms with Crippen LogP contribution in [-0.4, -0.2) is 48.3 Å². The van der Waals surface area contributed by atoms with E-state index in [-0.39, 0.29) is 0 Å². The largest absolute Gasteiger partial charge is 0.492 e. The van der Waals surface area contributed by atoms with Crippen LogP contribution in [-0.2, 0) is 0 Å². The molecule has 0 saturated carbocycles. The lowest BCUT2D eigenvalue weighted by Gasteiger charge is -2.15. The Bertz CT molecular complexity index is 353. The van der Waals surface area contributed by atoms with Crippen molar-refractivity contribution in [1.82, 2.24) is 4.90 Å². The lowest BCUT2D eigenvalue weighted by Crippen LogP contribution is -2.30. The molecule has 5 heteroatoms. The van der Waals surface area contributed by atoms with E-state index >= 15 is 0 Å². The van der Waals surface area contributed by atoms with Gasteiger partial charge in [-0.3, -0.25) is 4.90 Å². The van der Waals surface area contributed by atoms with Gasteiger partial charge in [-0.2, -0.15) is 0 Å². The molecule has 1 fully saturated rings. The molecular formula is C12H18BNO3. The summed E-state index contributed by atoms with van der Waals surface area (Å²) in [5.41, 5.74) is 0.462. The molecule has 92 valence electrons. The number of benzene rings is 1. The van der Waals surface area contributed by atoms with Crippen molar-refractivity contribution in [2.24, 2.45) is 0 Å². The zero-order valence-electron chi connectivity index (χ0n) is 9.88. The van der Waals surface area contributed by atoms with E-state index in [1.54, 1.807) is 18.2 Å². The number of hydrogen-bond donors (Lipinski definition) is 2. The molecule has 0 atom stereocenters. The van der Waals surface area contributed by atoms with Gasteiger partial charge in [0.15, 0.2) is 0 Å². The van der Waals surface area contributed by atoms with Crippen molar-refractivity contribution in [2.75, 3.05) is 26.2 Å². The summed E-state index contributed by atoms with van der Waals surface area (Å²) in [5, 5.41) is 18.1. The van der Waals surface area contributed by atoms with Gasteiger partial charge in [0.1, 0.15) is 12.4 Å². The molecule has 0 unspecified atom stereocenters. The highest BCUT2D eigenvalue weighted by Gasteiger charge is 2.12. The van der Waals surface area contributed by atoms with Crippen molar-refractivity contribution in [3.63, 3.8) is 0 Å². The van der Waals surface area contributed by atoms with Crippen LogP contribution in [0.1, 0.15) is 12.8 Å². The van der Waals surface area contributed by atoms with Crippen molar-refractivity contribution < 1.29 is 14.8 Å². The maximum atomic E-state index is 9.04. The quantitative estimate of drug-likeness (QED) is 0.696. The standard InChI is InChI=1S/C12H18BNO3/c15-13(16)11-4-3-5-12(10-11)17-9-8-14-6-1-2-7-14/h3-5,10,15-16H,1-2,6-9H2. The van der Waals surface area contributed by atoms with Crippen LogP contribution in [0.25, 0.3) is 0 Å². The molecule has 0 radical (unpaired) electrons. The number of nitrogens with zero attached hydrogens (tertiary/aromatic N) is 1. The second-order valence-corrected chi connectivity index (χ2v) is 4.34. The highest BCUT2D eigenvalue weighted by Crippen LogP contribution is 2.09. The lowest BCUT2D eigenvalue weighted by atomic mass is 9.80. The summed E-state index contributed by atoms with van der Waals surface area (Å²) >= 11 is 0. The molecular weight excluding hydrogens is 217 g/mol. The number of hydrogen-bond acceptors (Lipinski definition) is 4. The summed E-state index contributed by atoms with van der Waals surface area (Å²) in [6.45, 7) is 3.91. The van der Waals surface area contributed by atoms with Gasteiger partial charge in [0, 0.05) is 6.54 Å². The van der Waals surface area contributed by atoms with Gasteiger partial charge in [0.2, 0.25) is 0 Å². The van der Waals surface area contributed by atoms with Crippen LogP contribution in [0.5, 0.6) is 5.75 Å². The van der Waals surface area contributed by atoms with Gasteiger partial charge in [-0.25, -0.2) is 0 Å². The summed E-state index contributed by atoms with van der Waals surface area (Å²) < 4.78 is 5.59. The van der Waals surface area contributed by atoms with E-state index in [0.717, 1.165) is 6.54 Å². The molecule has 1 aliphatic heterocycles. The van der Waals surface area contributed by atoms with E-state index < -0.39 is 7.12 Å². The second-order valence-electron chi connectivity index (χ2n) is 4.34. The van der Waals surface area contributed by atoms with Gasteiger partial charge in [-0.1, -0.05) is 12.1 Å². The van der Waals surface area contributed by atoms with Gasteiger partial charge in [-0.05, 0) is 43.5 Å². The molecule has 4 nitrogen and oxygen atoms in total. The van der Waals surface area contributed by atoms with Gasteiger partial charge in [-0.15, -0.1) is 0 Å². The Morgan fingerprint density at radius 3 is 2.71 bits per heavy atom. The van der Waals surface area contributed by atoms with Crippen LogP contribution in [0, 0.1) is 0 Å². The average Bonchev–Trinajstić information content (AvgIpc) is 2.82. The smallest absolute Gasteiger partial charge is 0.488 e. The first-order valence-corrected chi connectivity index (χ1v) is 6.07. The first kappa shape index (κ1) is 12.4. The van der Waals surface area contributed by atoms with E-state index in [2.05, 4.69) is 4.90 Å². The molecule has 2 rings (SSSR count). The first-order valence-electron chi connectivity index (χ1n) is 6.07. The maximum Gasteiger partial charge on any atom is 0.488 e. The van der Waals surface area contributed by atoms with E-state index in [0.29, 0.717) is 17.8 Å². The summed E-state index contributed by atoms with van der Waals surface area (Å²) in [5.74, 6) is 0.690. The number of rotatable bonds is 5. The monoisotopic (exact) mass is 235 g/mol. The van der Waals surface area contributed by atoms with Crippen molar-refractivity contribution in [3.05, 3.63) is 24.3 Å². The Labute approximate surface area is 102 Å². The van der Waals surface area contributed by atoms with Crippen LogP contribution in [0.15, 0.2) is 24.3 Å². The lowest BCUT2D eigenvalue weighted by molar-refractivity contribution is 0.238. The molecule has 0 bridgehead atoms. The third-order valence-electron chi connectivity index (χ3n) is 3.03. The molecule has 0 aromatic heterocycles. The SMILES string of the molecule is OB(O)c1cccc(OCCN2CCCC2)c1. The third kappa shape index (κ3) is 3.73. The van der Waals surface area contributed by atoms with Crippen molar-refractivity contribution in [1.29, 1.82) is 0 Å². The van der Waals surface area contributed by atoms with Crippen molar-refractivity contribution in [3.8, 4) is 5.75 Å². The minimum Gasteiger partial charge on any atom is -0.492 e. The van der Waals surface area contributed by atoms with Gasteiger partial charge in [0.25, 0.3) is 0 Å². The summed E-state index contributed by atoms with van der Waals surface area (Å²) in [7, 11) is -1.43. The van der Waals surface area contributed by atoms with E-state index in [4.69, 9.17) is 14.8 Å². The highest BCUT2D eigenvalue weighted by atomic mass is 16.5. The predicted molar refractivity (Wildman–Crippen MR) is 67.4 cm³/mol. The Hall–Kier alpha value is -1.04. The molecule has 0 spiro atoms. The normalized spacial score (nSPS) is 16.1. The second kappa shape index (κ2) is 6.05. The molecule has 1 saturated heterocycles. The molecule has 1 aromatic rings. The van der Waals surface area contributed by atoms with Crippen LogP contribution in [0.3, 0.4) is 0 Å². The Kier molecular flexibility index (Phi) is 4.42. The Morgan fingerprint density at radius 1 is 1.24 bits per heavy atom. The summed E-state index contributed by atoms with van der Waals surface area (Å²) in [4.78, 5) is 2.38. The highest BCUT2D eigenvalue weighted by molar-refractivity contribution is 6.58. The molecule has 17 heavy (non-hydrogen) atoms. The topological polar surface area (TPSA) is 52.9 Å². The fourth-order valence-electron chi connectivity index (χ4n) is 2.06. The predicted octanol–water partition coefficient (Wildman–Crippen LogP) is -0.159. The minimum absolute atomic E-state index is 0.462. The zero-order valence-corrected chi connectivity index (χ0v) is 9.88. The van der Waals surface area contributed by atoms with E-state index in [1.165, 1.54) is 25.9 Å². The van der Waals surface area contributed by atoms with Crippen molar-refractivity contribution >= 4 is 12.6 Å². The number of likely N-dealkylation sites (tertiary alicyclic amines) is 1. The zero-order chi connectivity index (χ0) is 12.1. The summed E-state index contributed by atoms with van der Waals surface area (Å²) in [6.07, 6.45) is 2.57. The Morgan fingerprint density at radius 2 is 2.00 bits per heavy atom. The van der Waals surface area contributed by atoms with Gasteiger partial charge >= 0.3 is 7.12 Å². The molecule has 0 aliphatic carbocycles. The van der Waals surface area contributed by atoms with Crippen molar-refractivity contribution in [2.45, 2.75) is 12.8 Å². The molecule has 1 aromatic carbocycles. The fourth-order valence-corrected chi connectivity index (χ4v) is 2.06. The number of ether oxygens (including phenoxy) is 1.